The van der Waals surface area contributed by atoms with E-state index in [4.69, 9.17) is 4.74 Å². The minimum Gasteiger partial charge on any atom is -0.379 e. The lowest BCUT2D eigenvalue weighted by molar-refractivity contribution is 0.0730. The molecule has 3 rings (SSSR count). The van der Waals surface area contributed by atoms with Crippen LogP contribution in [-0.2, 0) is 14.8 Å². The number of sulfonamides is 1. The van der Waals surface area contributed by atoms with Gasteiger partial charge in [-0.15, -0.1) is 10.2 Å². The van der Waals surface area contributed by atoms with Crippen LogP contribution in [0.1, 0.15) is 35.1 Å². The maximum Gasteiger partial charge on any atom is 0.243 e. The van der Waals surface area contributed by atoms with Crippen molar-refractivity contribution in [2.45, 2.75) is 24.7 Å². The molecule has 2 aromatic rings. The summed E-state index contributed by atoms with van der Waals surface area (Å²) in [7, 11) is -3.63. The average Bonchev–Trinajstić information content (AvgIpc) is 3.16. The first-order valence-electron chi connectivity index (χ1n) is 8.66. The molecule has 0 radical (unpaired) electrons. The molecule has 27 heavy (non-hydrogen) atoms. The van der Waals surface area contributed by atoms with Gasteiger partial charge in [0, 0.05) is 24.6 Å². The van der Waals surface area contributed by atoms with Gasteiger partial charge in [0.2, 0.25) is 15.2 Å². The van der Waals surface area contributed by atoms with Gasteiger partial charge >= 0.3 is 0 Å². The van der Waals surface area contributed by atoms with Crippen LogP contribution in [-0.4, -0.2) is 61.6 Å². The van der Waals surface area contributed by atoms with Gasteiger partial charge in [0.15, 0.2) is 5.78 Å². The minimum atomic E-state index is -3.63. The normalized spacial score (nSPS) is 15.8. The number of aromatic nitrogens is 2. The van der Waals surface area contributed by atoms with E-state index in [1.165, 1.54) is 27.8 Å². The number of ether oxygens (including phenoxy) is 1. The number of benzene rings is 1. The molecular formula is C17H22N4O4S2. The molecule has 8 nitrogen and oxygen atoms in total. The Balaban J connectivity index is 1.69. The van der Waals surface area contributed by atoms with E-state index in [-0.39, 0.29) is 23.1 Å². The molecule has 1 aliphatic rings. The zero-order valence-electron chi connectivity index (χ0n) is 15.2. The van der Waals surface area contributed by atoms with Gasteiger partial charge < -0.3 is 10.1 Å². The van der Waals surface area contributed by atoms with E-state index in [0.29, 0.717) is 37.0 Å². The van der Waals surface area contributed by atoms with E-state index in [1.54, 1.807) is 12.1 Å². The minimum absolute atomic E-state index is 0.0216. The zero-order chi connectivity index (χ0) is 19.4. The molecule has 0 bridgehead atoms. The molecule has 2 heterocycles. The molecule has 0 aliphatic carbocycles. The number of hydrogen-bond donors (Lipinski definition) is 1. The van der Waals surface area contributed by atoms with Crippen molar-refractivity contribution in [3.8, 4) is 0 Å². The maximum atomic E-state index is 12.7. The number of ketones is 1. The smallest absolute Gasteiger partial charge is 0.243 e. The fourth-order valence-electron chi connectivity index (χ4n) is 2.56. The van der Waals surface area contributed by atoms with Crippen LogP contribution >= 0.6 is 11.3 Å². The van der Waals surface area contributed by atoms with Gasteiger partial charge in [-0.25, -0.2) is 8.42 Å². The molecule has 1 aromatic heterocycles. The van der Waals surface area contributed by atoms with Gasteiger partial charge in [0.05, 0.1) is 24.7 Å². The number of carbonyl (C=O) groups is 1. The van der Waals surface area contributed by atoms with Gasteiger partial charge in [0.1, 0.15) is 5.01 Å². The van der Waals surface area contributed by atoms with Crippen molar-refractivity contribution >= 4 is 32.3 Å². The number of anilines is 1. The van der Waals surface area contributed by atoms with Crippen molar-refractivity contribution in [2.75, 3.05) is 38.2 Å². The van der Waals surface area contributed by atoms with E-state index in [2.05, 4.69) is 15.5 Å². The molecular weight excluding hydrogens is 388 g/mol. The Morgan fingerprint density at radius 1 is 1.30 bits per heavy atom. The summed E-state index contributed by atoms with van der Waals surface area (Å²) in [4.78, 5) is 12.6. The molecule has 1 aliphatic heterocycles. The molecule has 0 atom stereocenters. The van der Waals surface area contributed by atoms with Crippen LogP contribution < -0.4 is 5.32 Å². The lowest BCUT2D eigenvalue weighted by Gasteiger charge is -2.26. The Kier molecular flexibility index (Phi) is 6.20. The molecule has 0 unspecified atom stereocenters. The van der Waals surface area contributed by atoms with E-state index in [1.807, 2.05) is 13.8 Å². The van der Waals surface area contributed by atoms with Crippen molar-refractivity contribution in [3.63, 3.8) is 0 Å². The second kappa shape index (κ2) is 8.42. The lowest BCUT2D eigenvalue weighted by Crippen LogP contribution is -2.40. The summed E-state index contributed by atoms with van der Waals surface area (Å²) < 4.78 is 32.1. The number of Topliss-reactive ketones (excluding diaryl/α,β-unsaturated/α-hetero) is 1. The number of hydrogen-bond acceptors (Lipinski definition) is 8. The summed E-state index contributed by atoms with van der Waals surface area (Å²) in [5.74, 6) is 0.0613. The van der Waals surface area contributed by atoms with Crippen LogP contribution in [0.4, 0.5) is 5.13 Å². The van der Waals surface area contributed by atoms with Crippen LogP contribution in [0.2, 0.25) is 0 Å². The monoisotopic (exact) mass is 410 g/mol. The highest BCUT2D eigenvalue weighted by Gasteiger charge is 2.26. The van der Waals surface area contributed by atoms with Gasteiger partial charge in [-0.3, -0.25) is 4.79 Å². The molecule has 0 amide bonds. The van der Waals surface area contributed by atoms with Gasteiger partial charge in [0.25, 0.3) is 0 Å². The first kappa shape index (κ1) is 19.9. The quantitative estimate of drug-likeness (QED) is 0.696. The largest absolute Gasteiger partial charge is 0.379 e. The molecule has 0 saturated carbocycles. The van der Waals surface area contributed by atoms with E-state index < -0.39 is 10.0 Å². The molecule has 0 spiro atoms. The van der Waals surface area contributed by atoms with Crippen LogP contribution in [0.25, 0.3) is 0 Å². The molecule has 146 valence electrons. The SMILES string of the molecule is CC(C)c1nnc(NCC(=O)c2cccc(S(=O)(=O)N3CCOCC3)c2)s1. The van der Waals surface area contributed by atoms with E-state index >= 15 is 0 Å². The number of nitrogens with zero attached hydrogens (tertiary/aromatic N) is 3. The third-order valence-electron chi connectivity index (χ3n) is 4.10. The zero-order valence-corrected chi connectivity index (χ0v) is 16.8. The highest BCUT2D eigenvalue weighted by Crippen LogP contribution is 2.22. The molecule has 10 heteroatoms. The standard InChI is InChI=1S/C17H22N4O4S2/c1-12(2)16-19-20-17(26-16)18-11-15(22)13-4-3-5-14(10-13)27(23,24)21-6-8-25-9-7-21/h3-5,10,12H,6-9,11H2,1-2H3,(H,18,20). The van der Waals surface area contributed by atoms with Gasteiger partial charge in [-0.05, 0) is 12.1 Å². The number of carbonyl (C=O) groups excluding carboxylic acids is 1. The van der Waals surface area contributed by atoms with Crippen molar-refractivity contribution in [1.29, 1.82) is 0 Å². The highest BCUT2D eigenvalue weighted by atomic mass is 32.2. The fraction of sp³-hybridized carbons (Fsp3) is 0.471. The van der Waals surface area contributed by atoms with Gasteiger partial charge in [-0.1, -0.05) is 37.3 Å². The second-order valence-corrected chi connectivity index (χ2v) is 9.37. The van der Waals surface area contributed by atoms with Crippen LogP contribution in [0.3, 0.4) is 0 Å². The number of nitrogens with one attached hydrogen (secondary N) is 1. The van der Waals surface area contributed by atoms with Crippen LogP contribution in [0.5, 0.6) is 0 Å². The number of rotatable bonds is 7. The second-order valence-electron chi connectivity index (χ2n) is 6.42. The van der Waals surface area contributed by atoms with Crippen molar-refractivity contribution in [2.24, 2.45) is 0 Å². The Bertz CT molecular complexity index is 905. The summed E-state index contributed by atoms with van der Waals surface area (Å²) >= 11 is 1.40. The predicted octanol–water partition coefficient (Wildman–Crippen LogP) is 1.98. The highest BCUT2D eigenvalue weighted by molar-refractivity contribution is 7.89. The maximum absolute atomic E-state index is 12.7. The topological polar surface area (TPSA) is 101 Å². The third kappa shape index (κ3) is 4.70. The van der Waals surface area contributed by atoms with E-state index in [0.717, 1.165) is 5.01 Å². The van der Waals surface area contributed by atoms with Crippen LogP contribution in [0.15, 0.2) is 29.2 Å². The summed E-state index contributed by atoms with van der Waals surface area (Å²) in [5, 5.41) is 12.5. The Morgan fingerprint density at radius 2 is 2.04 bits per heavy atom. The summed E-state index contributed by atoms with van der Waals surface area (Å²) in [6.45, 7) is 5.46. The lowest BCUT2D eigenvalue weighted by atomic mass is 10.1. The molecule has 1 aromatic carbocycles. The van der Waals surface area contributed by atoms with Crippen LogP contribution in [0, 0.1) is 0 Å². The van der Waals surface area contributed by atoms with Crippen molar-refractivity contribution in [1.82, 2.24) is 14.5 Å². The average molecular weight is 411 g/mol. The summed E-state index contributed by atoms with van der Waals surface area (Å²) in [5.41, 5.74) is 0.338. The summed E-state index contributed by atoms with van der Waals surface area (Å²) in [6.07, 6.45) is 0. The third-order valence-corrected chi connectivity index (χ3v) is 7.17. The molecule has 1 fully saturated rings. The predicted molar refractivity (Wildman–Crippen MR) is 103 cm³/mol. The number of morpholine rings is 1. The van der Waals surface area contributed by atoms with Crippen molar-refractivity contribution in [3.05, 3.63) is 34.8 Å². The van der Waals surface area contributed by atoms with Crippen molar-refractivity contribution < 1.29 is 17.9 Å². The first-order chi connectivity index (χ1) is 12.9. The fourth-order valence-corrected chi connectivity index (χ4v) is 4.76. The van der Waals surface area contributed by atoms with E-state index in [9.17, 15) is 13.2 Å². The molecule has 1 N–H and O–H groups in total. The first-order valence-corrected chi connectivity index (χ1v) is 10.9. The summed E-state index contributed by atoms with van der Waals surface area (Å²) in [6, 6.07) is 6.13. The Hall–Kier alpha value is -1.88. The van der Waals surface area contributed by atoms with Gasteiger partial charge in [-0.2, -0.15) is 4.31 Å². The Labute approximate surface area is 162 Å². The molecule has 1 saturated heterocycles. The Morgan fingerprint density at radius 3 is 2.70 bits per heavy atom.